The second kappa shape index (κ2) is 9.35. The fraction of sp³-hybridized carbons (Fsp3) is 0.824. The van der Waals surface area contributed by atoms with Crippen molar-refractivity contribution in [1.29, 1.82) is 0 Å². The molecule has 0 bridgehead atoms. The maximum Gasteiger partial charge on any atom is 0.132 e. The van der Waals surface area contributed by atoms with Crippen LogP contribution in [0.25, 0.3) is 0 Å². The molecule has 1 nitrogen and oxygen atoms in total. The number of unbranched alkanes of at least 4 members (excludes halogenated alkanes) is 2. The Morgan fingerprint density at radius 1 is 1.28 bits per heavy atom. The van der Waals surface area contributed by atoms with Gasteiger partial charge in [0.1, 0.15) is 5.78 Å². The molecule has 1 aliphatic rings. The van der Waals surface area contributed by atoms with Gasteiger partial charge in [0.25, 0.3) is 0 Å². The van der Waals surface area contributed by atoms with Crippen LogP contribution < -0.4 is 0 Å². The standard InChI is InChI=1S/C9H16.C8H16O/c1-8-5-4-6-9(2,3)7-8;1-3-5-6-7-8(9)4-2/h7H,4-6H2,1-3H3;3-7H2,1-2H3. The molecule has 0 fully saturated rings. The van der Waals surface area contributed by atoms with Crippen molar-refractivity contribution >= 4 is 5.78 Å². The maximum atomic E-state index is 10.7. The molecule has 0 unspecified atom stereocenters. The minimum absolute atomic E-state index is 0.406. The van der Waals surface area contributed by atoms with E-state index in [1.807, 2.05) is 6.92 Å². The predicted octanol–water partition coefficient (Wildman–Crippen LogP) is 5.69. The Labute approximate surface area is 114 Å². The number of allylic oxidation sites excluding steroid dienone is 2. The van der Waals surface area contributed by atoms with Crippen molar-refractivity contribution in [3.8, 4) is 0 Å². The molecule has 1 rings (SSSR count). The van der Waals surface area contributed by atoms with Gasteiger partial charge in [0.2, 0.25) is 0 Å². The van der Waals surface area contributed by atoms with E-state index in [1.165, 1.54) is 32.1 Å². The summed E-state index contributed by atoms with van der Waals surface area (Å²) in [5.74, 6) is 0.406. The largest absolute Gasteiger partial charge is 0.300 e. The Morgan fingerprint density at radius 2 is 1.94 bits per heavy atom. The zero-order chi connectivity index (χ0) is 14.0. The van der Waals surface area contributed by atoms with E-state index in [0.717, 1.165) is 12.8 Å². The number of rotatable bonds is 5. The van der Waals surface area contributed by atoms with Crippen molar-refractivity contribution < 1.29 is 4.79 Å². The zero-order valence-corrected chi connectivity index (χ0v) is 13.1. The summed E-state index contributed by atoms with van der Waals surface area (Å²) in [5.41, 5.74) is 2.06. The topological polar surface area (TPSA) is 17.1 Å². The van der Waals surface area contributed by atoms with Crippen LogP contribution in [0.15, 0.2) is 11.6 Å². The van der Waals surface area contributed by atoms with Crippen LogP contribution in [0.1, 0.15) is 86.0 Å². The summed E-state index contributed by atoms with van der Waals surface area (Å²) < 4.78 is 0. The van der Waals surface area contributed by atoms with Crippen molar-refractivity contribution in [3.63, 3.8) is 0 Å². The van der Waals surface area contributed by atoms with Gasteiger partial charge in [0, 0.05) is 12.8 Å². The third-order valence-corrected chi connectivity index (χ3v) is 3.48. The molecule has 0 radical (unpaired) electrons. The highest BCUT2D eigenvalue weighted by atomic mass is 16.1. The van der Waals surface area contributed by atoms with Crippen LogP contribution in [0, 0.1) is 5.41 Å². The summed E-state index contributed by atoms with van der Waals surface area (Å²) in [5, 5.41) is 0. The minimum Gasteiger partial charge on any atom is -0.300 e. The third kappa shape index (κ3) is 9.44. The molecule has 0 atom stereocenters. The molecule has 106 valence electrons. The lowest BCUT2D eigenvalue weighted by molar-refractivity contribution is -0.118. The molecule has 0 aromatic heterocycles. The van der Waals surface area contributed by atoms with E-state index in [9.17, 15) is 4.79 Å². The molecule has 0 saturated heterocycles. The van der Waals surface area contributed by atoms with Gasteiger partial charge in [-0.1, -0.05) is 52.2 Å². The lowest BCUT2D eigenvalue weighted by Crippen LogP contribution is -2.11. The highest BCUT2D eigenvalue weighted by Crippen LogP contribution is 2.32. The predicted molar refractivity (Wildman–Crippen MR) is 80.8 cm³/mol. The normalized spacial score (nSPS) is 17.5. The molecule has 0 spiro atoms. The summed E-state index contributed by atoms with van der Waals surface area (Å²) in [6.45, 7) is 10.9. The summed E-state index contributed by atoms with van der Waals surface area (Å²) >= 11 is 0. The number of hydrogen-bond acceptors (Lipinski definition) is 1. The van der Waals surface area contributed by atoms with Crippen LogP contribution in [0.3, 0.4) is 0 Å². The third-order valence-electron chi connectivity index (χ3n) is 3.48. The van der Waals surface area contributed by atoms with Gasteiger partial charge >= 0.3 is 0 Å². The van der Waals surface area contributed by atoms with Gasteiger partial charge in [-0.3, -0.25) is 4.79 Å². The summed E-state index contributed by atoms with van der Waals surface area (Å²) in [4.78, 5) is 10.7. The minimum atomic E-state index is 0.406. The first kappa shape index (κ1) is 17.4. The van der Waals surface area contributed by atoms with Crippen LogP contribution in [0.2, 0.25) is 0 Å². The van der Waals surface area contributed by atoms with Crippen LogP contribution in [0.5, 0.6) is 0 Å². The monoisotopic (exact) mass is 252 g/mol. The molecule has 0 heterocycles. The van der Waals surface area contributed by atoms with Crippen LogP contribution in [0.4, 0.5) is 0 Å². The average Bonchev–Trinajstić information content (AvgIpc) is 2.28. The highest BCUT2D eigenvalue weighted by Gasteiger charge is 2.17. The van der Waals surface area contributed by atoms with E-state index in [1.54, 1.807) is 5.57 Å². The van der Waals surface area contributed by atoms with E-state index in [0.29, 0.717) is 17.6 Å². The second-order valence-electron chi connectivity index (χ2n) is 6.18. The maximum absolute atomic E-state index is 10.7. The number of carbonyl (C=O) groups is 1. The van der Waals surface area contributed by atoms with Gasteiger partial charge in [0.05, 0.1) is 0 Å². The smallest absolute Gasteiger partial charge is 0.132 e. The molecule has 0 aromatic rings. The van der Waals surface area contributed by atoms with Gasteiger partial charge < -0.3 is 0 Å². The highest BCUT2D eigenvalue weighted by molar-refractivity contribution is 5.77. The Balaban J connectivity index is 0.000000321. The quantitative estimate of drug-likeness (QED) is 0.454. The van der Waals surface area contributed by atoms with E-state index < -0.39 is 0 Å². The lowest BCUT2D eigenvalue weighted by Gasteiger charge is -2.25. The van der Waals surface area contributed by atoms with Crippen molar-refractivity contribution in [2.45, 2.75) is 86.0 Å². The lowest BCUT2D eigenvalue weighted by atomic mass is 9.80. The van der Waals surface area contributed by atoms with Crippen molar-refractivity contribution in [2.75, 3.05) is 0 Å². The SMILES string of the molecule is CC1=CC(C)(C)CCC1.CCCCCC(=O)CC. The Morgan fingerprint density at radius 3 is 2.33 bits per heavy atom. The number of carbonyl (C=O) groups excluding carboxylic acids is 1. The average molecular weight is 252 g/mol. The van der Waals surface area contributed by atoms with Crippen LogP contribution in [-0.4, -0.2) is 5.78 Å². The van der Waals surface area contributed by atoms with Gasteiger partial charge in [0.15, 0.2) is 0 Å². The van der Waals surface area contributed by atoms with E-state index in [4.69, 9.17) is 0 Å². The molecular weight excluding hydrogens is 220 g/mol. The zero-order valence-electron chi connectivity index (χ0n) is 13.1. The van der Waals surface area contributed by atoms with Gasteiger partial charge in [-0.25, -0.2) is 0 Å². The first-order chi connectivity index (χ1) is 8.41. The van der Waals surface area contributed by atoms with Gasteiger partial charge in [-0.15, -0.1) is 0 Å². The van der Waals surface area contributed by atoms with Gasteiger partial charge in [-0.05, 0) is 38.0 Å². The van der Waals surface area contributed by atoms with E-state index >= 15 is 0 Å². The molecule has 18 heavy (non-hydrogen) atoms. The van der Waals surface area contributed by atoms with E-state index in [-0.39, 0.29) is 0 Å². The summed E-state index contributed by atoms with van der Waals surface area (Å²) in [6, 6.07) is 0. The number of hydrogen-bond donors (Lipinski definition) is 0. The molecule has 0 saturated carbocycles. The molecular formula is C17H32O. The molecule has 1 heteroatoms. The second-order valence-corrected chi connectivity index (χ2v) is 6.18. The molecule has 1 aliphatic carbocycles. The Kier molecular flexibility index (Phi) is 9.05. The first-order valence-electron chi connectivity index (χ1n) is 7.61. The fourth-order valence-electron chi connectivity index (χ4n) is 2.38. The fourth-order valence-corrected chi connectivity index (χ4v) is 2.38. The van der Waals surface area contributed by atoms with Crippen LogP contribution in [-0.2, 0) is 4.79 Å². The molecule has 0 aromatic carbocycles. The Bertz CT molecular complexity index is 261. The number of ketones is 1. The molecule has 0 amide bonds. The van der Waals surface area contributed by atoms with Gasteiger partial charge in [-0.2, -0.15) is 0 Å². The first-order valence-corrected chi connectivity index (χ1v) is 7.61. The summed E-state index contributed by atoms with van der Waals surface area (Å²) in [6.07, 6.45) is 11.5. The van der Waals surface area contributed by atoms with E-state index in [2.05, 4.69) is 33.8 Å². The van der Waals surface area contributed by atoms with Crippen molar-refractivity contribution in [2.24, 2.45) is 5.41 Å². The number of Topliss-reactive ketones (excluding diaryl/α,β-unsaturated/α-hetero) is 1. The molecule has 0 aliphatic heterocycles. The molecule has 0 N–H and O–H groups in total. The van der Waals surface area contributed by atoms with Crippen molar-refractivity contribution in [3.05, 3.63) is 11.6 Å². The summed E-state index contributed by atoms with van der Waals surface area (Å²) in [7, 11) is 0. The van der Waals surface area contributed by atoms with Crippen LogP contribution >= 0.6 is 0 Å². The van der Waals surface area contributed by atoms with Crippen molar-refractivity contribution in [1.82, 2.24) is 0 Å². The Hall–Kier alpha value is -0.590.